The number of pyridine rings is 2. The van der Waals surface area contributed by atoms with Crippen LogP contribution in [0.25, 0.3) is 33.3 Å². The highest BCUT2D eigenvalue weighted by Crippen LogP contribution is 2.34. The number of H-pyrrole nitrogens is 1. The zero-order valence-corrected chi connectivity index (χ0v) is 17.1. The number of fused-ring (bicyclic) bond motifs is 2. The van der Waals surface area contributed by atoms with Gasteiger partial charge in [-0.15, -0.1) is 0 Å². The summed E-state index contributed by atoms with van der Waals surface area (Å²) in [5, 5.41) is 5.08. The van der Waals surface area contributed by atoms with E-state index >= 15 is 0 Å². The lowest BCUT2D eigenvalue weighted by molar-refractivity contribution is 0.872. The van der Waals surface area contributed by atoms with Gasteiger partial charge in [0.25, 0.3) is 0 Å². The zero-order valence-electron chi connectivity index (χ0n) is 16.4. The minimum Gasteiger partial charge on any atom is -0.362 e. The minimum atomic E-state index is -0.100. The van der Waals surface area contributed by atoms with Gasteiger partial charge in [-0.2, -0.15) is 0 Å². The van der Waals surface area contributed by atoms with E-state index in [-0.39, 0.29) is 6.04 Å². The molecule has 7 nitrogen and oxygen atoms in total. The lowest BCUT2D eigenvalue weighted by Gasteiger charge is -2.20. The van der Waals surface area contributed by atoms with Crippen molar-refractivity contribution in [1.82, 2.24) is 29.9 Å². The van der Waals surface area contributed by atoms with Crippen LogP contribution in [-0.2, 0) is 0 Å². The molecule has 1 aromatic carbocycles. The van der Waals surface area contributed by atoms with Crippen LogP contribution >= 0.6 is 11.6 Å². The predicted octanol–water partition coefficient (Wildman–Crippen LogP) is 5.10. The van der Waals surface area contributed by atoms with E-state index < -0.39 is 0 Å². The third-order valence-corrected chi connectivity index (χ3v) is 5.44. The quantitative estimate of drug-likeness (QED) is 0.424. The molecule has 2 N–H and O–H groups in total. The fourth-order valence-corrected chi connectivity index (χ4v) is 3.84. The monoisotopic (exact) mass is 415 g/mol. The van der Waals surface area contributed by atoms with E-state index in [9.17, 15) is 0 Å². The summed E-state index contributed by atoms with van der Waals surface area (Å²) in [5.41, 5.74) is 5.89. The van der Waals surface area contributed by atoms with Crippen molar-refractivity contribution in [3.8, 4) is 11.3 Å². The molecule has 5 aromatic rings. The van der Waals surface area contributed by atoms with Crippen LogP contribution in [0.4, 0.5) is 5.82 Å². The van der Waals surface area contributed by atoms with Crippen LogP contribution in [0.3, 0.4) is 0 Å². The fraction of sp³-hybridized carbons (Fsp3) is 0.136. The molecule has 0 amide bonds. The molecule has 0 aliphatic carbocycles. The standard InChI is InChI=1S/C22H18ClN7/c1-12-15(6-4-8-24-12)19-16(9-14-5-3-7-17(23)18(14)30-19)13(2)29-22-20-21(26-10-25-20)27-11-28-22/h3-11,13H,1-2H3,(H2,25,26,27,28,29). The third kappa shape index (κ3) is 3.13. The van der Waals surface area contributed by atoms with Crippen molar-refractivity contribution in [3.63, 3.8) is 0 Å². The Bertz CT molecular complexity index is 1380. The first-order valence-corrected chi connectivity index (χ1v) is 9.91. The fourth-order valence-electron chi connectivity index (χ4n) is 3.62. The number of para-hydroxylation sites is 1. The summed E-state index contributed by atoms with van der Waals surface area (Å²) >= 11 is 6.45. The molecule has 4 heterocycles. The van der Waals surface area contributed by atoms with E-state index in [4.69, 9.17) is 16.6 Å². The first-order valence-electron chi connectivity index (χ1n) is 9.53. The number of halogens is 1. The Labute approximate surface area is 177 Å². The van der Waals surface area contributed by atoms with Crippen LogP contribution in [0, 0.1) is 6.92 Å². The summed E-state index contributed by atoms with van der Waals surface area (Å²) in [6.07, 6.45) is 4.89. The molecule has 148 valence electrons. The molecule has 1 atom stereocenters. The number of rotatable bonds is 4. The van der Waals surface area contributed by atoms with Crippen LogP contribution < -0.4 is 5.32 Å². The van der Waals surface area contributed by atoms with Gasteiger partial charge in [0.05, 0.1) is 28.6 Å². The largest absolute Gasteiger partial charge is 0.362 e. The third-order valence-electron chi connectivity index (χ3n) is 5.13. The number of anilines is 1. The Morgan fingerprint density at radius 1 is 1.07 bits per heavy atom. The van der Waals surface area contributed by atoms with Gasteiger partial charge in [0.1, 0.15) is 11.8 Å². The Kier molecular flexibility index (Phi) is 4.52. The van der Waals surface area contributed by atoms with Crippen molar-refractivity contribution < 1.29 is 0 Å². The summed E-state index contributed by atoms with van der Waals surface area (Å²) in [6, 6.07) is 11.8. The average Bonchev–Trinajstić information content (AvgIpc) is 3.24. The van der Waals surface area contributed by atoms with Gasteiger partial charge in [-0.1, -0.05) is 23.7 Å². The van der Waals surface area contributed by atoms with Crippen molar-refractivity contribution in [1.29, 1.82) is 0 Å². The summed E-state index contributed by atoms with van der Waals surface area (Å²) in [6.45, 7) is 4.06. The van der Waals surface area contributed by atoms with Gasteiger partial charge in [0.15, 0.2) is 11.5 Å². The molecule has 1 unspecified atom stereocenters. The predicted molar refractivity (Wildman–Crippen MR) is 118 cm³/mol. The van der Waals surface area contributed by atoms with Crippen LogP contribution in [-0.4, -0.2) is 29.9 Å². The van der Waals surface area contributed by atoms with E-state index in [1.807, 2.05) is 37.3 Å². The molecule has 0 saturated carbocycles. The number of aromatic amines is 1. The van der Waals surface area contributed by atoms with Gasteiger partial charge in [0.2, 0.25) is 0 Å². The van der Waals surface area contributed by atoms with Gasteiger partial charge < -0.3 is 10.3 Å². The molecule has 0 bridgehead atoms. The Morgan fingerprint density at radius 3 is 2.83 bits per heavy atom. The Morgan fingerprint density at radius 2 is 1.97 bits per heavy atom. The average molecular weight is 416 g/mol. The molecular weight excluding hydrogens is 398 g/mol. The number of hydrogen-bond donors (Lipinski definition) is 2. The highest BCUT2D eigenvalue weighted by Gasteiger charge is 2.19. The topological polar surface area (TPSA) is 92.3 Å². The van der Waals surface area contributed by atoms with E-state index in [1.165, 1.54) is 6.33 Å². The van der Waals surface area contributed by atoms with Crippen LogP contribution in [0.2, 0.25) is 5.02 Å². The first kappa shape index (κ1) is 18.4. The molecule has 0 saturated heterocycles. The van der Waals surface area contributed by atoms with E-state index in [0.29, 0.717) is 16.5 Å². The second-order valence-corrected chi connectivity index (χ2v) is 7.47. The molecule has 0 aliphatic heterocycles. The molecule has 0 aliphatic rings. The van der Waals surface area contributed by atoms with Gasteiger partial charge in [-0.05, 0) is 38.1 Å². The van der Waals surface area contributed by atoms with Crippen LogP contribution in [0.1, 0.15) is 24.2 Å². The number of aryl methyl sites for hydroxylation is 1. The molecule has 8 heteroatoms. The summed E-state index contributed by atoms with van der Waals surface area (Å²) < 4.78 is 0. The molecule has 0 fully saturated rings. The van der Waals surface area contributed by atoms with Crippen molar-refractivity contribution in [2.45, 2.75) is 19.9 Å². The van der Waals surface area contributed by atoms with Crippen molar-refractivity contribution in [2.75, 3.05) is 5.32 Å². The normalized spacial score (nSPS) is 12.4. The molecular formula is C22H18ClN7. The van der Waals surface area contributed by atoms with Crippen LogP contribution in [0.15, 0.2) is 55.2 Å². The number of imidazole rings is 1. The first-order chi connectivity index (χ1) is 14.6. The highest BCUT2D eigenvalue weighted by atomic mass is 35.5. The number of nitrogens with one attached hydrogen (secondary N) is 2. The maximum Gasteiger partial charge on any atom is 0.182 e. The Hall–Kier alpha value is -3.58. The van der Waals surface area contributed by atoms with Crippen LogP contribution in [0.5, 0.6) is 0 Å². The second-order valence-electron chi connectivity index (χ2n) is 7.06. The van der Waals surface area contributed by atoms with Gasteiger partial charge in [0, 0.05) is 28.4 Å². The van der Waals surface area contributed by atoms with Gasteiger partial charge in [-0.25, -0.2) is 19.9 Å². The molecule has 0 radical (unpaired) electrons. The lowest BCUT2D eigenvalue weighted by Crippen LogP contribution is -2.11. The van der Waals surface area contributed by atoms with E-state index in [2.05, 4.69) is 43.2 Å². The summed E-state index contributed by atoms with van der Waals surface area (Å²) in [4.78, 5) is 25.3. The summed E-state index contributed by atoms with van der Waals surface area (Å²) in [5.74, 6) is 0.685. The zero-order chi connectivity index (χ0) is 20.7. The highest BCUT2D eigenvalue weighted by molar-refractivity contribution is 6.35. The number of aromatic nitrogens is 6. The molecule has 5 rings (SSSR count). The molecule has 4 aromatic heterocycles. The van der Waals surface area contributed by atoms with Crippen molar-refractivity contribution in [3.05, 3.63) is 71.5 Å². The maximum atomic E-state index is 6.45. The summed E-state index contributed by atoms with van der Waals surface area (Å²) in [7, 11) is 0. The van der Waals surface area contributed by atoms with Crippen molar-refractivity contribution in [2.24, 2.45) is 0 Å². The van der Waals surface area contributed by atoms with E-state index in [1.54, 1.807) is 12.5 Å². The smallest absolute Gasteiger partial charge is 0.182 e. The molecule has 0 spiro atoms. The van der Waals surface area contributed by atoms with Gasteiger partial charge in [-0.3, -0.25) is 4.98 Å². The van der Waals surface area contributed by atoms with Crippen molar-refractivity contribution >= 4 is 39.5 Å². The van der Waals surface area contributed by atoms with Gasteiger partial charge >= 0.3 is 0 Å². The second kappa shape index (κ2) is 7.35. The number of nitrogens with zero attached hydrogens (tertiary/aromatic N) is 5. The lowest BCUT2D eigenvalue weighted by atomic mass is 9.97. The van der Waals surface area contributed by atoms with E-state index in [0.717, 1.165) is 38.9 Å². The Balaban J connectivity index is 1.68. The minimum absolute atomic E-state index is 0.100. The number of hydrogen-bond acceptors (Lipinski definition) is 6. The molecule has 30 heavy (non-hydrogen) atoms. The number of benzene rings is 1. The maximum absolute atomic E-state index is 6.45. The SMILES string of the molecule is Cc1ncccc1-c1nc2c(Cl)cccc2cc1C(C)Nc1ncnc2nc[nH]c12.